The van der Waals surface area contributed by atoms with Gasteiger partial charge >= 0.3 is 5.56 Å². The average molecular weight is 282 g/mol. The standard InChI is InChI=1S/C14H10N4OS/c1-8-6-7-11(20-8)18-14(19)13-12(17-18)9-4-2-3-5-10(9)15-16-13/h2-7,15H,1H3. The number of rotatable bonds is 1. The molecule has 4 rings (SSSR count). The summed E-state index contributed by atoms with van der Waals surface area (Å²) in [5, 5.41) is 13.2. The Kier molecular flexibility index (Phi) is 2.28. The molecule has 0 spiro atoms. The van der Waals surface area contributed by atoms with Crippen molar-refractivity contribution in [2.24, 2.45) is 0 Å². The highest BCUT2D eigenvalue weighted by Gasteiger charge is 2.20. The maximum atomic E-state index is 12.4. The van der Waals surface area contributed by atoms with Crippen LogP contribution < -0.4 is 5.56 Å². The lowest BCUT2D eigenvalue weighted by molar-refractivity contribution is 0.875. The highest BCUT2D eigenvalue weighted by Crippen LogP contribution is 2.25. The summed E-state index contributed by atoms with van der Waals surface area (Å²) in [5.74, 6) is 0. The third kappa shape index (κ3) is 1.51. The Hall–Kier alpha value is -2.47. The van der Waals surface area contributed by atoms with Gasteiger partial charge in [0, 0.05) is 10.3 Å². The van der Waals surface area contributed by atoms with Gasteiger partial charge in [0.15, 0.2) is 5.69 Å². The van der Waals surface area contributed by atoms with Crippen LogP contribution in [0.5, 0.6) is 0 Å². The number of H-pyrrole nitrogens is 1. The normalized spacial score (nSPS) is 11.4. The summed E-state index contributed by atoms with van der Waals surface area (Å²) < 4.78 is 1.43. The molecule has 0 fully saturated rings. The van der Waals surface area contributed by atoms with Crippen LogP contribution in [0.3, 0.4) is 0 Å². The molecule has 2 aliphatic rings. The number of para-hydroxylation sites is 1. The van der Waals surface area contributed by atoms with Crippen molar-refractivity contribution in [3.63, 3.8) is 0 Å². The monoisotopic (exact) mass is 282 g/mol. The number of aromatic nitrogens is 4. The van der Waals surface area contributed by atoms with E-state index in [0.29, 0.717) is 11.4 Å². The fraction of sp³-hybridized carbons (Fsp3) is 0.0714. The first kappa shape index (κ1) is 11.4. The minimum absolute atomic E-state index is 0.191. The molecule has 2 aliphatic heterocycles. The van der Waals surface area contributed by atoms with Crippen LogP contribution in [-0.2, 0) is 0 Å². The Labute approximate surface area is 117 Å². The average Bonchev–Trinajstić information content (AvgIpc) is 3.03. The third-order valence-corrected chi connectivity index (χ3v) is 4.20. The van der Waals surface area contributed by atoms with Gasteiger partial charge in [-0.3, -0.25) is 9.89 Å². The number of aryl methyl sites for hydroxylation is 1. The summed E-state index contributed by atoms with van der Waals surface area (Å²) in [4.78, 5) is 13.5. The number of fused-ring (bicyclic) bond motifs is 3. The molecule has 20 heavy (non-hydrogen) atoms. The molecule has 0 aliphatic carbocycles. The van der Waals surface area contributed by atoms with Crippen LogP contribution >= 0.6 is 11.3 Å². The van der Waals surface area contributed by atoms with Gasteiger partial charge in [-0.1, -0.05) is 18.2 Å². The van der Waals surface area contributed by atoms with E-state index in [-0.39, 0.29) is 5.56 Å². The minimum atomic E-state index is -0.191. The molecule has 2 aromatic rings. The summed E-state index contributed by atoms with van der Waals surface area (Å²) >= 11 is 1.54. The van der Waals surface area contributed by atoms with Crippen LogP contribution in [0.4, 0.5) is 0 Å². The molecule has 0 saturated carbocycles. The van der Waals surface area contributed by atoms with Crippen LogP contribution in [0.2, 0.25) is 0 Å². The highest BCUT2D eigenvalue weighted by atomic mass is 32.1. The van der Waals surface area contributed by atoms with E-state index in [1.807, 2.05) is 43.3 Å². The van der Waals surface area contributed by atoms with Gasteiger partial charge in [-0.25, -0.2) is 0 Å². The van der Waals surface area contributed by atoms with E-state index >= 15 is 0 Å². The maximum absolute atomic E-state index is 12.4. The van der Waals surface area contributed by atoms with Crippen LogP contribution in [0.1, 0.15) is 4.88 Å². The van der Waals surface area contributed by atoms with Crippen molar-refractivity contribution in [2.75, 3.05) is 0 Å². The van der Waals surface area contributed by atoms with E-state index in [2.05, 4.69) is 15.3 Å². The number of hydrogen-bond donors (Lipinski definition) is 1. The quantitative estimate of drug-likeness (QED) is 0.583. The molecule has 5 nitrogen and oxygen atoms in total. The lowest BCUT2D eigenvalue weighted by Crippen LogP contribution is -2.14. The highest BCUT2D eigenvalue weighted by molar-refractivity contribution is 7.14. The van der Waals surface area contributed by atoms with Gasteiger partial charge < -0.3 is 0 Å². The number of hydrogen-bond acceptors (Lipinski definition) is 4. The first-order valence-electron chi connectivity index (χ1n) is 6.17. The van der Waals surface area contributed by atoms with Crippen molar-refractivity contribution in [2.45, 2.75) is 6.92 Å². The smallest absolute Gasteiger partial charge is 0.277 e. The topological polar surface area (TPSA) is 63.6 Å². The Balaban J connectivity index is 2.09. The second-order valence-corrected chi connectivity index (χ2v) is 5.83. The van der Waals surface area contributed by atoms with Crippen LogP contribution in [0.15, 0.2) is 41.2 Å². The number of thiophene rings is 1. The number of nitrogens with one attached hydrogen (secondary N) is 1. The predicted molar refractivity (Wildman–Crippen MR) is 78.7 cm³/mol. The van der Waals surface area contributed by atoms with Gasteiger partial charge in [0.05, 0.1) is 5.52 Å². The largest absolute Gasteiger partial charge is 0.302 e. The summed E-state index contributed by atoms with van der Waals surface area (Å²) in [7, 11) is 0. The first-order chi connectivity index (χ1) is 9.74. The number of aromatic amines is 1. The second kappa shape index (κ2) is 4.01. The molecular weight excluding hydrogens is 272 g/mol. The van der Waals surface area contributed by atoms with Crippen molar-refractivity contribution >= 4 is 22.2 Å². The zero-order valence-electron chi connectivity index (χ0n) is 10.6. The lowest BCUT2D eigenvalue weighted by Gasteiger charge is -1.99. The van der Waals surface area contributed by atoms with Gasteiger partial charge in [0.2, 0.25) is 0 Å². The number of benzene rings is 1. The molecule has 1 aromatic heterocycles. The molecule has 0 radical (unpaired) electrons. The predicted octanol–water partition coefficient (Wildman–Crippen LogP) is 2.58. The van der Waals surface area contributed by atoms with Gasteiger partial charge in [-0.15, -0.1) is 11.3 Å². The van der Waals surface area contributed by atoms with Gasteiger partial charge in [-0.2, -0.15) is 14.9 Å². The molecule has 98 valence electrons. The minimum Gasteiger partial charge on any atom is -0.277 e. The summed E-state index contributed by atoms with van der Waals surface area (Å²) in [6.07, 6.45) is 0. The molecule has 0 atom stereocenters. The first-order valence-corrected chi connectivity index (χ1v) is 6.98. The van der Waals surface area contributed by atoms with E-state index in [4.69, 9.17) is 0 Å². The lowest BCUT2D eigenvalue weighted by atomic mass is 10.1. The van der Waals surface area contributed by atoms with Gasteiger partial charge in [0.1, 0.15) is 10.7 Å². The van der Waals surface area contributed by atoms with Crippen molar-refractivity contribution in [3.8, 4) is 16.4 Å². The molecule has 1 aromatic carbocycles. The van der Waals surface area contributed by atoms with Crippen molar-refractivity contribution in [3.05, 3.63) is 51.6 Å². The van der Waals surface area contributed by atoms with Crippen LogP contribution in [0, 0.1) is 6.92 Å². The van der Waals surface area contributed by atoms with Gasteiger partial charge in [0.25, 0.3) is 0 Å². The summed E-state index contributed by atoms with van der Waals surface area (Å²) in [6.45, 7) is 2.00. The SMILES string of the molecule is Cc1ccc(-n2nc3c4ccccc4[nH]nc-3c2=O)s1. The van der Waals surface area contributed by atoms with E-state index in [1.54, 1.807) is 0 Å². The molecule has 6 heteroatoms. The Morgan fingerprint density at radius 3 is 2.80 bits per heavy atom. The van der Waals surface area contributed by atoms with Crippen molar-refractivity contribution in [1.82, 2.24) is 20.0 Å². The van der Waals surface area contributed by atoms with E-state index in [0.717, 1.165) is 20.8 Å². The maximum Gasteiger partial charge on any atom is 0.302 e. The molecule has 0 amide bonds. The van der Waals surface area contributed by atoms with Crippen molar-refractivity contribution in [1.29, 1.82) is 0 Å². The van der Waals surface area contributed by atoms with E-state index in [9.17, 15) is 4.79 Å². The zero-order chi connectivity index (χ0) is 13.7. The summed E-state index contributed by atoms with van der Waals surface area (Å²) in [5.41, 5.74) is 1.68. The molecule has 3 heterocycles. The molecule has 0 bridgehead atoms. The fourth-order valence-corrected chi connectivity index (χ4v) is 3.08. The molecule has 0 unspecified atom stereocenters. The Morgan fingerprint density at radius 1 is 1.15 bits per heavy atom. The van der Waals surface area contributed by atoms with E-state index < -0.39 is 0 Å². The summed E-state index contributed by atoms with van der Waals surface area (Å²) in [6, 6.07) is 11.6. The van der Waals surface area contributed by atoms with Crippen LogP contribution in [0.25, 0.3) is 27.3 Å². The molecular formula is C14H10N4OS. The Bertz CT molecular complexity index is 949. The second-order valence-electron chi connectivity index (χ2n) is 4.57. The molecule has 1 N–H and O–H groups in total. The van der Waals surface area contributed by atoms with E-state index in [1.165, 1.54) is 16.0 Å². The third-order valence-electron chi connectivity index (χ3n) is 3.22. The van der Waals surface area contributed by atoms with Gasteiger partial charge in [-0.05, 0) is 25.1 Å². The molecule has 0 saturated heterocycles. The van der Waals surface area contributed by atoms with Crippen molar-refractivity contribution < 1.29 is 0 Å². The zero-order valence-corrected chi connectivity index (χ0v) is 11.4. The number of nitrogens with zero attached hydrogens (tertiary/aromatic N) is 3. The fourth-order valence-electron chi connectivity index (χ4n) is 2.26. The Morgan fingerprint density at radius 2 is 2.00 bits per heavy atom. The van der Waals surface area contributed by atoms with Crippen LogP contribution in [-0.4, -0.2) is 20.0 Å².